The van der Waals surface area contributed by atoms with Crippen LogP contribution < -0.4 is 5.32 Å². The van der Waals surface area contributed by atoms with Crippen molar-refractivity contribution in [1.29, 1.82) is 0 Å². The SMILES string of the molecule is CSCCC(NC(=O)c1cc2cc(C)ccc2n1C)C(=O)N1CCC(C(=O)O)CC1. The summed E-state index contributed by atoms with van der Waals surface area (Å²) in [5.74, 6) is -0.855. The molecule has 1 aliphatic rings. The predicted octanol–water partition coefficient (Wildman–Crippen LogP) is 2.66. The molecule has 0 saturated carbocycles. The number of carboxylic acid groups (broad SMARTS) is 1. The van der Waals surface area contributed by atoms with E-state index < -0.39 is 17.9 Å². The molecule has 8 heteroatoms. The van der Waals surface area contributed by atoms with Gasteiger partial charge in [-0.05, 0) is 56.4 Å². The predicted molar refractivity (Wildman–Crippen MR) is 119 cm³/mol. The lowest BCUT2D eigenvalue weighted by Gasteiger charge is -2.33. The van der Waals surface area contributed by atoms with Crippen LogP contribution in [-0.4, -0.2) is 63.5 Å². The highest BCUT2D eigenvalue weighted by Crippen LogP contribution is 2.21. The summed E-state index contributed by atoms with van der Waals surface area (Å²) in [4.78, 5) is 39.0. The monoisotopic (exact) mass is 431 g/mol. The molecular weight excluding hydrogens is 402 g/mol. The van der Waals surface area contributed by atoms with E-state index in [-0.39, 0.29) is 11.8 Å². The summed E-state index contributed by atoms with van der Waals surface area (Å²) in [5, 5.41) is 13.1. The number of rotatable bonds is 7. The number of piperidine rings is 1. The van der Waals surface area contributed by atoms with Gasteiger partial charge in [0, 0.05) is 31.0 Å². The number of benzene rings is 1. The van der Waals surface area contributed by atoms with Gasteiger partial charge in [0.25, 0.3) is 5.91 Å². The lowest BCUT2D eigenvalue weighted by molar-refractivity contribution is -0.146. The maximum Gasteiger partial charge on any atom is 0.306 e. The summed E-state index contributed by atoms with van der Waals surface area (Å²) in [6.45, 7) is 2.83. The van der Waals surface area contributed by atoms with E-state index in [0.29, 0.717) is 38.0 Å². The fourth-order valence-corrected chi connectivity index (χ4v) is 4.45. The minimum Gasteiger partial charge on any atom is -0.481 e. The molecule has 0 radical (unpaired) electrons. The molecule has 1 atom stereocenters. The molecule has 0 spiro atoms. The second kappa shape index (κ2) is 9.55. The van der Waals surface area contributed by atoms with Crippen LogP contribution in [0.4, 0.5) is 0 Å². The second-order valence-corrected chi connectivity index (χ2v) is 8.88. The highest BCUT2D eigenvalue weighted by Gasteiger charge is 2.31. The summed E-state index contributed by atoms with van der Waals surface area (Å²) in [5.41, 5.74) is 2.61. The van der Waals surface area contributed by atoms with Gasteiger partial charge in [0.15, 0.2) is 0 Å². The number of aliphatic carboxylic acids is 1. The number of carbonyl (C=O) groups is 3. The number of aryl methyl sites for hydroxylation is 2. The van der Waals surface area contributed by atoms with Gasteiger partial charge in [0.05, 0.1) is 5.92 Å². The first-order valence-electron chi connectivity index (χ1n) is 10.2. The van der Waals surface area contributed by atoms with Crippen LogP contribution in [0.2, 0.25) is 0 Å². The van der Waals surface area contributed by atoms with Crippen LogP contribution in [0.1, 0.15) is 35.3 Å². The summed E-state index contributed by atoms with van der Waals surface area (Å²) in [6.07, 6.45) is 3.40. The van der Waals surface area contributed by atoms with Crippen LogP contribution in [0.5, 0.6) is 0 Å². The van der Waals surface area contributed by atoms with Gasteiger partial charge >= 0.3 is 5.97 Å². The number of carboxylic acids is 1. The van der Waals surface area contributed by atoms with Gasteiger partial charge < -0.3 is 19.9 Å². The van der Waals surface area contributed by atoms with Crippen molar-refractivity contribution in [3.05, 3.63) is 35.5 Å². The Kier molecular flexibility index (Phi) is 7.07. The molecule has 1 aromatic heterocycles. The van der Waals surface area contributed by atoms with Crippen molar-refractivity contribution in [2.75, 3.05) is 25.1 Å². The van der Waals surface area contributed by atoms with Crippen LogP contribution in [0.25, 0.3) is 10.9 Å². The number of nitrogens with one attached hydrogen (secondary N) is 1. The average Bonchev–Trinajstić information content (AvgIpc) is 3.06. The highest BCUT2D eigenvalue weighted by atomic mass is 32.2. The molecule has 0 aliphatic carbocycles. The zero-order valence-electron chi connectivity index (χ0n) is 17.7. The third kappa shape index (κ3) is 4.80. The van der Waals surface area contributed by atoms with Gasteiger partial charge in [-0.25, -0.2) is 0 Å². The first kappa shape index (κ1) is 22.2. The van der Waals surface area contributed by atoms with E-state index >= 15 is 0 Å². The van der Waals surface area contributed by atoms with Gasteiger partial charge in [-0.3, -0.25) is 14.4 Å². The van der Waals surface area contributed by atoms with Crippen molar-refractivity contribution in [3.8, 4) is 0 Å². The van der Waals surface area contributed by atoms with Crippen molar-refractivity contribution in [2.24, 2.45) is 13.0 Å². The molecule has 1 unspecified atom stereocenters. The topological polar surface area (TPSA) is 91.6 Å². The van der Waals surface area contributed by atoms with Crippen LogP contribution in [0.15, 0.2) is 24.3 Å². The summed E-state index contributed by atoms with van der Waals surface area (Å²) in [7, 11) is 1.85. The molecule has 1 saturated heterocycles. The minimum atomic E-state index is -0.805. The molecule has 1 aliphatic heterocycles. The Balaban J connectivity index is 1.74. The fraction of sp³-hybridized carbons (Fsp3) is 0.500. The van der Waals surface area contributed by atoms with Crippen LogP contribution in [-0.2, 0) is 16.6 Å². The number of nitrogens with zero attached hydrogens (tertiary/aromatic N) is 2. The van der Waals surface area contributed by atoms with Crippen molar-refractivity contribution < 1.29 is 19.5 Å². The van der Waals surface area contributed by atoms with Gasteiger partial charge in [0.1, 0.15) is 11.7 Å². The molecule has 1 fully saturated rings. The number of aromatic nitrogens is 1. The minimum absolute atomic E-state index is 0.129. The number of likely N-dealkylation sites (tertiary alicyclic amines) is 1. The van der Waals surface area contributed by atoms with Crippen LogP contribution >= 0.6 is 11.8 Å². The lowest BCUT2D eigenvalue weighted by Crippen LogP contribution is -2.51. The number of fused-ring (bicyclic) bond motifs is 1. The third-order valence-corrected chi connectivity index (χ3v) is 6.44. The quantitative estimate of drug-likeness (QED) is 0.703. The normalized spacial score (nSPS) is 15.9. The highest BCUT2D eigenvalue weighted by molar-refractivity contribution is 7.98. The first-order valence-corrected chi connectivity index (χ1v) is 11.6. The maximum absolute atomic E-state index is 13.1. The average molecular weight is 432 g/mol. The molecule has 3 rings (SSSR count). The molecule has 2 heterocycles. The molecular formula is C22H29N3O4S. The third-order valence-electron chi connectivity index (χ3n) is 5.80. The summed E-state index contributed by atoms with van der Waals surface area (Å²) < 4.78 is 1.85. The van der Waals surface area contributed by atoms with E-state index in [0.717, 1.165) is 22.2 Å². The molecule has 162 valence electrons. The number of carbonyl (C=O) groups excluding carboxylic acids is 2. The number of amides is 2. The Bertz CT molecular complexity index is 947. The molecule has 1 aromatic carbocycles. The zero-order valence-corrected chi connectivity index (χ0v) is 18.5. The first-order chi connectivity index (χ1) is 14.3. The van der Waals surface area contributed by atoms with Crippen molar-refractivity contribution >= 4 is 40.4 Å². The molecule has 2 aromatic rings. The second-order valence-electron chi connectivity index (χ2n) is 7.90. The van der Waals surface area contributed by atoms with E-state index in [1.165, 1.54) is 0 Å². The Morgan fingerprint density at radius 1 is 1.23 bits per heavy atom. The molecule has 2 N–H and O–H groups in total. The largest absolute Gasteiger partial charge is 0.481 e. The van der Waals surface area contributed by atoms with Gasteiger partial charge in [-0.15, -0.1) is 0 Å². The van der Waals surface area contributed by atoms with Crippen molar-refractivity contribution in [1.82, 2.24) is 14.8 Å². The smallest absolute Gasteiger partial charge is 0.306 e. The molecule has 7 nitrogen and oxygen atoms in total. The van der Waals surface area contributed by atoms with E-state index in [2.05, 4.69) is 5.32 Å². The number of hydrogen-bond acceptors (Lipinski definition) is 4. The van der Waals surface area contributed by atoms with E-state index in [4.69, 9.17) is 0 Å². The molecule has 0 bridgehead atoms. The summed E-state index contributed by atoms with van der Waals surface area (Å²) >= 11 is 1.62. The fourth-order valence-electron chi connectivity index (χ4n) is 3.98. The Morgan fingerprint density at radius 2 is 1.93 bits per heavy atom. The Labute approximate surface area is 180 Å². The van der Waals surface area contributed by atoms with Crippen LogP contribution in [0, 0.1) is 12.8 Å². The van der Waals surface area contributed by atoms with Gasteiger partial charge in [-0.2, -0.15) is 11.8 Å². The number of thioether (sulfide) groups is 1. The van der Waals surface area contributed by atoms with E-state index in [9.17, 15) is 19.5 Å². The van der Waals surface area contributed by atoms with Crippen molar-refractivity contribution in [2.45, 2.75) is 32.2 Å². The number of hydrogen-bond donors (Lipinski definition) is 2. The van der Waals surface area contributed by atoms with Gasteiger partial charge in [0.2, 0.25) is 5.91 Å². The molecule has 30 heavy (non-hydrogen) atoms. The Morgan fingerprint density at radius 3 is 2.57 bits per heavy atom. The maximum atomic E-state index is 13.1. The van der Waals surface area contributed by atoms with E-state index in [1.807, 2.05) is 49.1 Å². The summed E-state index contributed by atoms with van der Waals surface area (Å²) in [6, 6.07) is 7.27. The molecule has 2 amide bonds. The van der Waals surface area contributed by atoms with Crippen LogP contribution in [0.3, 0.4) is 0 Å². The lowest BCUT2D eigenvalue weighted by atomic mass is 9.96. The standard InChI is InChI=1S/C22H29N3O4S/c1-14-4-5-18-16(12-14)13-19(24(18)2)20(26)23-17(8-11-30-3)21(27)25-9-6-15(7-10-25)22(28)29/h4-5,12-13,15,17H,6-11H2,1-3H3,(H,23,26)(H,28,29). The van der Waals surface area contributed by atoms with Crippen molar-refractivity contribution in [3.63, 3.8) is 0 Å². The van der Waals surface area contributed by atoms with E-state index in [1.54, 1.807) is 16.7 Å². The van der Waals surface area contributed by atoms with Gasteiger partial charge in [-0.1, -0.05) is 11.6 Å². The Hall–Kier alpha value is -2.48. The zero-order chi connectivity index (χ0) is 21.8.